The van der Waals surface area contributed by atoms with Crippen molar-refractivity contribution in [3.8, 4) is 21.8 Å². The molecule has 0 fully saturated rings. The van der Waals surface area contributed by atoms with Crippen LogP contribution in [0.15, 0.2) is 41.1 Å². The summed E-state index contributed by atoms with van der Waals surface area (Å²) in [6, 6.07) is 8.67. The van der Waals surface area contributed by atoms with E-state index in [-0.39, 0.29) is 5.56 Å². The predicted octanol–water partition coefficient (Wildman–Crippen LogP) is 5.71. The standard InChI is InChI=1S/C15H9Cl2NO2S2/c16-13(17)12-5-10(6-21-12)11-7-22-14(18-11)8-2-1-3-9(4-8)15(19)20/h1-7,13H,(H,19,20). The zero-order chi connectivity index (χ0) is 15.7. The minimum atomic E-state index is -0.948. The Kier molecular flexibility index (Phi) is 4.49. The van der Waals surface area contributed by atoms with Crippen molar-refractivity contribution in [2.24, 2.45) is 0 Å². The Morgan fingerprint density at radius 1 is 1.14 bits per heavy atom. The molecule has 0 saturated carbocycles. The lowest BCUT2D eigenvalue weighted by atomic mass is 10.1. The SMILES string of the molecule is O=C(O)c1cccc(-c2nc(-c3csc(C(Cl)Cl)c3)cs2)c1. The molecule has 3 rings (SSSR count). The van der Waals surface area contributed by atoms with Gasteiger partial charge in [0.25, 0.3) is 0 Å². The quantitative estimate of drug-likeness (QED) is 0.598. The van der Waals surface area contributed by atoms with Crippen molar-refractivity contribution in [1.82, 2.24) is 4.98 Å². The fraction of sp³-hybridized carbons (Fsp3) is 0.0667. The predicted molar refractivity (Wildman–Crippen MR) is 92.3 cm³/mol. The fourth-order valence-corrected chi connectivity index (χ4v) is 3.94. The minimum absolute atomic E-state index is 0.249. The molecule has 0 atom stereocenters. The number of thiophene rings is 1. The molecule has 0 aliphatic carbocycles. The number of hydrogen-bond donors (Lipinski definition) is 1. The van der Waals surface area contributed by atoms with Crippen molar-refractivity contribution < 1.29 is 9.90 Å². The molecule has 22 heavy (non-hydrogen) atoms. The van der Waals surface area contributed by atoms with Gasteiger partial charge in [-0.15, -0.1) is 22.7 Å². The van der Waals surface area contributed by atoms with Crippen molar-refractivity contribution in [2.45, 2.75) is 4.84 Å². The van der Waals surface area contributed by atoms with E-state index in [9.17, 15) is 4.79 Å². The first-order valence-electron chi connectivity index (χ1n) is 6.21. The van der Waals surface area contributed by atoms with Crippen LogP contribution in [0.5, 0.6) is 0 Å². The van der Waals surface area contributed by atoms with Crippen LogP contribution in [0.3, 0.4) is 0 Å². The van der Waals surface area contributed by atoms with E-state index in [2.05, 4.69) is 4.98 Å². The fourth-order valence-electron chi connectivity index (χ4n) is 1.93. The van der Waals surface area contributed by atoms with E-state index in [4.69, 9.17) is 28.3 Å². The van der Waals surface area contributed by atoms with Crippen LogP contribution in [0.2, 0.25) is 0 Å². The minimum Gasteiger partial charge on any atom is -0.478 e. The lowest BCUT2D eigenvalue weighted by molar-refractivity contribution is 0.0697. The molecule has 1 N–H and O–H groups in total. The highest BCUT2D eigenvalue weighted by molar-refractivity contribution is 7.13. The van der Waals surface area contributed by atoms with Crippen LogP contribution in [-0.2, 0) is 0 Å². The van der Waals surface area contributed by atoms with Crippen molar-refractivity contribution in [2.75, 3.05) is 0 Å². The van der Waals surface area contributed by atoms with Crippen molar-refractivity contribution in [1.29, 1.82) is 0 Å². The Morgan fingerprint density at radius 2 is 1.95 bits per heavy atom. The maximum atomic E-state index is 11.0. The number of halogens is 2. The van der Waals surface area contributed by atoms with Gasteiger partial charge >= 0.3 is 5.97 Å². The molecule has 0 amide bonds. The molecular weight excluding hydrogens is 361 g/mol. The highest BCUT2D eigenvalue weighted by Gasteiger charge is 2.12. The Labute approximate surface area is 144 Å². The molecule has 0 unspecified atom stereocenters. The van der Waals surface area contributed by atoms with E-state index in [1.165, 1.54) is 22.7 Å². The molecule has 1 aromatic carbocycles. The summed E-state index contributed by atoms with van der Waals surface area (Å²) in [7, 11) is 0. The second-order valence-corrected chi connectivity index (χ2v) is 7.36. The first kappa shape index (κ1) is 15.5. The average Bonchev–Trinajstić information content (AvgIpc) is 3.16. The molecule has 0 spiro atoms. The summed E-state index contributed by atoms with van der Waals surface area (Å²) in [5, 5.41) is 13.7. The number of alkyl halides is 2. The Hall–Kier alpha value is -1.40. The first-order chi connectivity index (χ1) is 10.5. The molecule has 0 aliphatic rings. The molecule has 7 heteroatoms. The smallest absolute Gasteiger partial charge is 0.335 e. The van der Waals surface area contributed by atoms with Gasteiger partial charge in [-0.25, -0.2) is 9.78 Å². The van der Waals surface area contributed by atoms with E-state index in [0.717, 1.165) is 26.7 Å². The number of benzene rings is 1. The normalized spacial score (nSPS) is 11.0. The van der Waals surface area contributed by atoms with Crippen molar-refractivity contribution in [3.63, 3.8) is 0 Å². The molecule has 0 saturated heterocycles. The molecule has 2 heterocycles. The molecule has 3 aromatic rings. The average molecular weight is 370 g/mol. The van der Waals surface area contributed by atoms with Gasteiger partial charge in [0.2, 0.25) is 0 Å². The zero-order valence-electron chi connectivity index (χ0n) is 11.0. The summed E-state index contributed by atoms with van der Waals surface area (Å²) in [5.41, 5.74) is 2.83. The third-order valence-corrected chi connectivity index (χ3v) is 5.61. The van der Waals surface area contributed by atoms with Crippen LogP contribution in [0.1, 0.15) is 20.1 Å². The van der Waals surface area contributed by atoms with Crippen molar-refractivity contribution >= 4 is 51.8 Å². The van der Waals surface area contributed by atoms with Gasteiger partial charge in [-0.2, -0.15) is 0 Å². The summed E-state index contributed by atoms with van der Waals surface area (Å²) >= 11 is 14.7. The van der Waals surface area contributed by atoms with Gasteiger partial charge in [0, 0.05) is 26.8 Å². The molecule has 3 nitrogen and oxygen atoms in total. The van der Waals surface area contributed by atoms with Gasteiger partial charge in [-0.1, -0.05) is 35.3 Å². The number of aromatic nitrogens is 1. The van der Waals surface area contributed by atoms with Gasteiger partial charge in [0.05, 0.1) is 11.3 Å². The number of nitrogens with zero attached hydrogens (tertiary/aromatic N) is 1. The number of carboxylic acid groups (broad SMARTS) is 1. The molecular formula is C15H9Cl2NO2S2. The number of thiazole rings is 1. The molecule has 0 aliphatic heterocycles. The molecule has 112 valence electrons. The first-order valence-corrected chi connectivity index (χ1v) is 8.84. The van der Waals surface area contributed by atoms with E-state index < -0.39 is 10.8 Å². The monoisotopic (exact) mass is 369 g/mol. The van der Waals surface area contributed by atoms with Crippen LogP contribution >= 0.6 is 45.9 Å². The van der Waals surface area contributed by atoms with Gasteiger partial charge in [0.1, 0.15) is 9.84 Å². The molecule has 0 bridgehead atoms. The number of aromatic carboxylic acids is 1. The van der Waals surface area contributed by atoms with E-state index in [0.29, 0.717) is 0 Å². The van der Waals surface area contributed by atoms with Crippen molar-refractivity contribution in [3.05, 3.63) is 51.5 Å². The molecule has 2 aromatic heterocycles. The van der Waals surface area contributed by atoms with Crippen LogP contribution < -0.4 is 0 Å². The number of carbonyl (C=O) groups is 1. The second-order valence-electron chi connectivity index (χ2n) is 4.46. The van der Waals surface area contributed by atoms with Crippen LogP contribution in [0.4, 0.5) is 0 Å². The maximum absolute atomic E-state index is 11.0. The number of hydrogen-bond acceptors (Lipinski definition) is 4. The number of rotatable bonds is 4. The van der Waals surface area contributed by atoms with Crippen LogP contribution in [0, 0.1) is 0 Å². The summed E-state index contributed by atoms with van der Waals surface area (Å²) < 4.78 is 0. The third kappa shape index (κ3) is 3.17. The second kappa shape index (κ2) is 6.38. The summed E-state index contributed by atoms with van der Waals surface area (Å²) in [6.07, 6.45) is 0. The lowest BCUT2D eigenvalue weighted by Crippen LogP contribution is -1.95. The van der Waals surface area contributed by atoms with Gasteiger partial charge < -0.3 is 5.11 Å². The third-order valence-electron chi connectivity index (χ3n) is 2.99. The lowest BCUT2D eigenvalue weighted by Gasteiger charge is -1.98. The largest absolute Gasteiger partial charge is 0.478 e. The summed E-state index contributed by atoms with van der Waals surface area (Å²) in [6.45, 7) is 0. The van der Waals surface area contributed by atoms with Crippen LogP contribution in [-0.4, -0.2) is 16.1 Å². The maximum Gasteiger partial charge on any atom is 0.335 e. The highest BCUT2D eigenvalue weighted by Crippen LogP contribution is 2.36. The van der Waals surface area contributed by atoms with Crippen LogP contribution in [0.25, 0.3) is 21.8 Å². The van der Waals surface area contributed by atoms with Gasteiger partial charge in [0.15, 0.2) is 0 Å². The van der Waals surface area contributed by atoms with Gasteiger partial charge in [-0.05, 0) is 18.2 Å². The summed E-state index contributed by atoms with van der Waals surface area (Å²) in [4.78, 5) is 15.9. The zero-order valence-corrected chi connectivity index (χ0v) is 14.1. The summed E-state index contributed by atoms with van der Waals surface area (Å²) in [5.74, 6) is -0.948. The Morgan fingerprint density at radius 3 is 2.64 bits per heavy atom. The topological polar surface area (TPSA) is 50.2 Å². The Bertz CT molecular complexity index is 826. The highest BCUT2D eigenvalue weighted by atomic mass is 35.5. The molecule has 0 radical (unpaired) electrons. The van der Waals surface area contributed by atoms with Gasteiger partial charge in [-0.3, -0.25) is 0 Å². The van der Waals surface area contributed by atoms with E-state index in [1.807, 2.05) is 22.9 Å². The van der Waals surface area contributed by atoms with E-state index in [1.54, 1.807) is 18.2 Å². The Balaban J connectivity index is 1.93. The number of carboxylic acids is 1. The van der Waals surface area contributed by atoms with E-state index >= 15 is 0 Å².